The number of hydrogen-bond donors (Lipinski definition) is 1. The maximum Gasteiger partial charge on any atom is 0.338 e. The zero-order chi connectivity index (χ0) is 18.7. The van der Waals surface area contributed by atoms with Gasteiger partial charge in [-0.3, -0.25) is 0 Å². The molecule has 2 heterocycles. The Labute approximate surface area is 153 Å². The van der Waals surface area contributed by atoms with Crippen LogP contribution in [0.3, 0.4) is 0 Å². The van der Waals surface area contributed by atoms with Crippen molar-refractivity contribution in [3.8, 4) is 11.5 Å². The molecule has 10 heteroatoms. The van der Waals surface area contributed by atoms with Gasteiger partial charge in [0.05, 0.1) is 16.8 Å². The molecule has 0 unspecified atom stereocenters. The number of furan rings is 1. The molecule has 0 saturated carbocycles. The highest BCUT2D eigenvalue weighted by molar-refractivity contribution is 7.89. The lowest BCUT2D eigenvalue weighted by Crippen LogP contribution is -2.19. The minimum Gasteiger partial charge on any atom is -0.461 e. The molecule has 0 bridgehead atoms. The zero-order valence-electron chi connectivity index (χ0n) is 13.4. The van der Waals surface area contributed by atoms with Crippen molar-refractivity contribution in [3.63, 3.8) is 0 Å². The Bertz CT molecular complexity index is 1030. The second-order valence-electron chi connectivity index (χ2n) is 5.09. The van der Waals surface area contributed by atoms with Crippen LogP contribution in [-0.2, 0) is 21.4 Å². The molecule has 0 fully saturated rings. The van der Waals surface area contributed by atoms with E-state index in [1.807, 2.05) is 0 Å². The molecule has 8 nitrogen and oxygen atoms in total. The Hall–Kier alpha value is -2.62. The molecule has 136 valence electrons. The number of ether oxygens (including phenoxy) is 1. The molecule has 2 aromatic heterocycles. The largest absolute Gasteiger partial charge is 0.461 e. The summed E-state index contributed by atoms with van der Waals surface area (Å²) < 4.78 is 41.4. The molecule has 26 heavy (non-hydrogen) atoms. The highest BCUT2D eigenvalue weighted by Crippen LogP contribution is 2.24. The van der Waals surface area contributed by atoms with Gasteiger partial charge in [0.2, 0.25) is 15.8 Å². The summed E-state index contributed by atoms with van der Waals surface area (Å²) in [7, 11) is -2.55. The van der Waals surface area contributed by atoms with Crippen LogP contribution in [0, 0.1) is 0 Å². The third kappa shape index (κ3) is 3.79. The molecule has 0 saturated heterocycles. The Morgan fingerprint density at radius 1 is 1.27 bits per heavy atom. The van der Waals surface area contributed by atoms with Crippen molar-refractivity contribution in [2.75, 3.05) is 7.05 Å². The SMILES string of the molecule is CNS(=O)(=O)c1cc(C(=O)OCc2cc(-c3ccco3)on2)ccc1Cl. The molecule has 1 N–H and O–H groups in total. The van der Waals surface area contributed by atoms with E-state index in [-0.39, 0.29) is 22.1 Å². The van der Waals surface area contributed by atoms with Gasteiger partial charge in [0.1, 0.15) is 17.2 Å². The highest BCUT2D eigenvalue weighted by Gasteiger charge is 2.19. The summed E-state index contributed by atoms with van der Waals surface area (Å²) in [6.45, 7) is -0.153. The number of nitrogens with one attached hydrogen (secondary N) is 1. The lowest BCUT2D eigenvalue weighted by Gasteiger charge is -2.07. The van der Waals surface area contributed by atoms with E-state index in [0.29, 0.717) is 17.2 Å². The third-order valence-corrected chi connectivity index (χ3v) is 5.30. The number of hydrogen-bond acceptors (Lipinski definition) is 7. The van der Waals surface area contributed by atoms with E-state index in [1.165, 1.54) is 25.4 Å². The highest BCUT2D eigenvalue weighted by atomic mass is 35.5. The summed E-state index contributed by atoms with van der Waals surface area (Å²) in [6, 6.07) is 8.81. The molecule has 0 amide bonds. The van der Waals surface area contributed by atoms with Gasteiger partial charge in [-0.2, -0.15) is 0 Å². The number of sulfonamides is 1. The second kappa shape index (κ2) is 7.32. The predicted octanol–water partition coefficient (Wildman–Crippen LogP) is 2.85. The van der Waals surface area contributed by atoms with Crippen molar-refractivity contribution in [2.24, 2.45) is 0 Å². The molecule has 3 aromatic rings. The number of halogens is 1. The van der Waals surface area contributed by atoms with Crippen LogP contribution >= 0.6 is 11.6 Å². The quantitative estimate of drug-likeness (QED) is 0.637. The maximum atomic E-state index is 12.2. The van der Waals surface area contributed by atoms with E-state index < -0.39 is 16.0 Å². The smallest absolute Gasteiger partial charge is 0.338 e. The number of carbonyl (C=O) groups is 1. The third-order valence-electron chi connectivity index (χ3n) is 3.40. The Kier molecular flexibility index (Phi) is 5.12. The topological polar surface area (TPSA) is 112 Å². The van der Waals surface area contributed by atoms with Crippen LogP contribution in [0.15, 0.2) is 56.5 Å². The first-order valence-electron chi connectivity index (χ1n) is 7.30. The molecule has 0 radical (unpaired) electrons. The molecule has 0 aliphatic heterocycles. The summed E-state index contributed by atoms with van der Waals surface area (Å²) in [5.41, 5.74) is 0.416. The van der Waals surface area contributed by atoms with Gasteiger partial charge in [-0.15, -0.1) is 0 Å². The van der Waals surface area contributed by atoms with Gasteiger partial charge in [0.15, 0.2) is 5.76 Å². The summed E-state index contributed by atoms with van der Waals surface area (Å²) in [6.07, 6.45) is 1.49. The number of carbonyl (C=O) groups excluding carboxylic acids is 1. The van der Waals surface area contributed by atoms with Crippen LogP contribution in [-0.4, -0.2) is 26.6 Å². The molecule has 3 rings (SSSR count). The first kappa shape index (κ1) is 18.2. The summed E-state index contributed by atoms with van der Waals surface area (Å²) in [4.78, 5) is 12.0. The number of esters is 1. The van der Waals surface area contributed by atoms with E-state index >= 15 is 0 Å². The second-order valence-corrected chi connectivity index (χ2v) is 7.35. The average molecular weight is 397 g/mol. The van der Waals surface area contributed by atoms with Gasteiger partial charge in [-0.25, -0.2) is 17.9 Å². The fourth-order valence-corrected chi connectivity index (χ4v) is 3.33. The standard InChI is InChI=1S/C16H13ClN2O6S/c1-18-26(21,22)15-7-10(4-5-12(15)17)16(20)24-9-11-8-14(25-19-11)13-3-2-6-23-13/h2-8,18H,9H2,1H3. The lowest BCUT2D eigenvalue weighted by atomic mass is 10.2. The van der Waals surface area contributed by atoms with E-state index in [9.17, 15) is 13.2 Å². The Balaban J connectivity index is 1.72. The number of aromatic nitrogens is 1. The van der Waals surface area contributed by atoms with Crippen LogP contribution < -0.4 is 4.72 Å². The summed E-state index contributed by atoms with van der Waals surface area (Å²) in [5, 5.41) is 3.78. The maximum absolute atomic E-state index is 12.2. The molecular formula is C16H13ClN2O6S. The van der Waals surface area contributed by atoms with Gasteiger partial charge in [-0.1, -0.05) is 16.8 Å². The van der Waals surface area contributed by atoms with Crippen LogP contribution in [0.4, 0.5) is 0 Å². The first-order valence-corrected chi connectivity index (χ1v) is 9.16. The van der Waals surface area contributed by atoms with E-state index in [1.54, 1.807) is 18.2 Å². The predicted molar refractivity (Wildman–Crippen MR) is 91.0 cm³/mol. The monoisotopic (exact) mass is 396 g/mol. The Morgan fingerprint density at radius 3 is 2.77 bits per heavy atom. The van der Waals surface area contributed by atoms with Crippen molar-refractivity contribution in [1.29, 1.82) is 0 Å². The van der Waals surface area contributed by atoms with Gasteiger partial charge in [0.25, 0.3) is 0 Å². The summed E-state index contributed by atoms with van der Waals surface area (Å²) >= 11 is 5.89. The van der Waals surface area contributed by atoms with E-state index in [0.717, 1.165) is 6.07 Å². The fraction of sp³-hybridized carbons (Fsp3) is 0.125. The minimum absolute atomic E-state index is 0.00418. The van der Waals surface area contributed by atoms with Gasteiger partial charge in [0, 0.05) is 6.07 Å². The van der Waals surface area contributed by atoms with Crippen LogP contribution in [0.2, 0.25) is 5.02 Å². The molecule has 0 spiro atoms. The minimum atomic E-state index is -3.80. The first-order chi connectivity index (χ1) is 12.4. The number of benzene rings is 1. The van der Waals surface area contributed by atoms with Crippen LogP contribution in [0.25, 0.3) is 11.5 Å². The fourth-order valence-electron chi connectivity index (χ4n) is 2.08. The van der Waals surface area contributed by atoms with Gasteiger partial charge < -0.3 is 13.7 Å². The molecule has 0 aliphatic rings. The lowest BCUT2D eigenvalue weighted by molar-refractivity contribution is 0.0464. The van der Waals surface area contributed by atoms with E-state index in [2.05, 4.69) is 9.88 Å². The molecule has 0 atom stereocenters. The van der Waals surface area contributed by atoms with Crippen LogP contribution in [0.1, 0.15) is 16.1 Å². The van der Waals surface area contributed by atoms with E-state index in [4.69, 9.17) is 25.3 Å². The van der Waals surface area contributed by atoms with Gasteiger partial charge in [-0.05, 0) is 37.4 Å². The Morgan fingerprint density at radius 2 is 2.08 bits per heavy atom. The normalized spacial score (nSPS) is 11.5. The molecule has 1 aromatic carbocycles. The van der Waals surface area contributed by atoms with Crippen molar-refractivity contribution >= 4 is 27.6 Å². The summed E-state index contributed by atoms with van der Waals surface area (Å²) in [5.74, 6) is 0.168. The average Bonchev–Trinajstić information content (AvgIpc) is 3.31. The van der Waals surface area contributed by atoms with Crippen molar-refractivity contribution in [2.45, 2.75) is 11.5 Å². The van der Waals surface area contributed by atoms with Crippen molar-refractivity contribution in [1.82, 2.24) is 9.88 Å². The number of nitrogens with zero attached hydrogens (tertiary/aromatic N) is 1. The number of rotatable bonds is 6. The van der Waals surface area contributed by atoms with Crippen molar-refractivity contribution in [3.05, 3.63) is 58.9 Å². The van der Waals surface area contributed by atoms with Gasteiger partial charge >= 0.3 is 5.97 Å². The zero-order valence-corrected chi connectivity index (χ0v) is 15.0. The van der Waals surface area contributed by atoms with Crippen molar-refractivity contribution < 1.29 is 26.9 Å². The molecular weight excluding hydrogens is 384 g/mol. The molecule has 0 aliphatic carbocycles. The van der Waals surface area contributed by atoms with Crippen LogP contribution in [0.5, 0.6) is 0 Å².